The van der Waals surface area contributed by atoms with Crippen LogP contribution in [0.3, 0.4) is 0 Å². The Bertz CT molecular complexity index is 649. The number of rotatable bonds is 6. The standard InChI is InChI=1S/C21H26N2O2/c24-21(22-15-17-7-3-1-4-8-17)23-16-18-11-13-20(14-12-18)25-19-9-5-2-6-10-19/h1,3-4,7-8,11-14,19H,2,5-6,9-10,15-16H2,(H2,22,23,24). The molecule has 3 rings (SSSR count). The van der Waals surface area contributed by atoms with Crippen LogP contribution in [0.1, 0.15) is 43.2 Å². The second-order valence-corrected chi connectivity index (χ2v) is 6.54. The fraction of sp³-hybridized carbons (Fsp3) is 0.381. The Balaban J connectivity index is 1.39. The van der Waals surface area contributed by atoms with E-state index >= 15 is 0 Å². The molecule has 4 heteroatoms. The summed E-state index contributed by atoms with van der Waals surface area (Å²) in [5.74, 6) is 0.921. The molecule has 1 aliphatic carbocycles. The molecule has 2 amide bonds. The minimum Gasteiger partial charge on any atom is -0.490 e. The first-order valence-corrected chi connectivity index (χ1v) is 9.11. The molecule has 1 saturated carbocycles. The molecule has 0 aliphatic heterocycles. The average Bonchev–Trinajstić information content (AvgIpc) is 2.67. The van der Waals surface area contributed by atoms with Crippen LogP contribution in [0.15, 0.2) is 54.6 Å². The molecule has 2 N–H and O–H groups in total. The number of amides is 2. The van der Waals surface area contributed by atoms with E-state index in [0.29, 0.717) is 19.2 Å². The quantitative estimate of drug-likeness (QED) is 0.820. The van der Waals surface area contributed by atoms with Gasteiger partial charge in [0.15, 0.2) is 0 Å². The lowest BCUT2D eigenvalue weighted by atomic mass is 9.98. The molecule has 1 fully saturated rings. The number of hydrogen-bond donors (Lipinski definition) is 2. The number of ether oxygens (including phenoxy) is 1. The third kappa shape index (κ3) is 5.82. The van der Waals surface area contributed by atoms with Crippen molar-refractivity contribution in [2.24, 2.45) is 0 Å². The third-order valence-electron chi connectivity index (χ3n) is 4.53. The monoisotopic (exact) mass is 338 g/mol. The Morgan fingerprint density at radius 1 is 0.840 bits per heavy atom. The lowest BCUT2D eigenvalue weighted by molar-refractivity contribution is 0.155. The number of urea groups is 1. The molecule has 0 radical (unpaired) electrons. The van der Waals surface area contributed by atoms with Gasteiger partial charge in [0.25, 0.3) is 0 Å². The molecule has 2 aromatic rings. The van der Waals surface area contributed by atoms with E-state index < -0.39 is 0 Å². The first kappa shape index (κ1) is 17.3. The van der Waals surface area contributed by atoms with Gasteiger partial charge in [0.2, 0.25) is 0 Å². The Morgan fingerprint density at radius 3 is 2.08 bits per heavy atom. The van der Waals surface area contributed by atoms with Crippen molar-refractivity contribution in [3.05, 3.63) is 65.7 Å². The Hall–Kier alpha value is -2.49. The predicted octanol–water partition coefficient (Wildman–Crippen LogP) is 4.40. The molecular formula is C21H26N2O2. The van der Waals surface area contributed by atoms with Crippen molar-refractivity contribution in [3.63, 3.8) is 0 Å². The van der Waals surface area contributed by atoms with E-state index in [1.807, 2.05) is 54.6 Å². The highest BCUT2D eigenvalue weighted by Crippen LogP contribution is 2.23. The fourth-order valence-electron chi connectivity index (χ4n) is 3.08. The van der Waals surface area contributed by atoms with E-state index in [1.165, 1.54) is 19.3 Å². The Labute approximate surface area is 149 Å². The van der Waals surface area contributed by atoms with Gasteiger partial charge in [0, 0.05) is 13.1 Å². The summed E-state index contributed by atoms with van der Waals surface area (Å²) in [5.41, 5.74) is 2.15. The highest BCUT2D eigenvalue weighted by atomic mass is 16.5. The van der Waals surface area contributed by atoms with Crippen LogP contribution in [0.2, 0.25) is 0 Å². The van der Waals surface area contributed by atoms with Gasteiger partial charge in [-0.15, -0.1) is 0 Å². The number of hydrogen-bond acceptors (Lipinski definition) is 2. The maximum atomic E-state index is 11.9. The number of benzene rings is 2. The Morgan fingerprint density at radius 2 is 1.44 bits per heavy atom. The number of carbonyl (C=O) groups is 1. The number of carbonyl (C=O) groups excluding carboxylic acids is 1. The number of nitrogens with one attached hydrogen (secondary N) is 2. The zero-order valence-corrected chi connectivity index (χ0v) is 14.5. The van der Waals surface area contributed by atoms with E-state index in [2.05, 4.69) is 10.6 Å². The predicted molar refractivity (Wildman–Crippen MR) is 99.5 cm³/mol. The van der Waals surface area contributed by atoms with Crippen LogP contribution in [-0.2, 0) is 13.1 Å². The average molecular weight is 338 g/mol. The van der Waals surface area contributed by atoms with Crippen molar-refractivity contribution >= 4 is 6.03 Å². The lowest BCUT2D eigenvalue weighted by Gasteiger charge is -2.23. The van der Waals surface area contributed by atoms with Gasteiger partial charge in [-0.1, -0.05) is 48.9 Å². The van der Waals surface area contributed by atoms with Crippen LogP contribution in [0.25, 0.3) is 0 Å². The molecule has 2 aromatic carbocycles. The summed E-state index contributed by atoms with van der Waals surface area (Å²) < 4.78 is 6.02. The summed E-state index contributed by atoms with van der Waals surface area (Å²) >= 11 is 0. The van der Waals surface area contributed by atoms with Crippen molar-refractivity contribution in [3.8, 4) is 5.75 Å². The first-order chi connectivity index (χ1) is 12.3. The zero-order chi connectivity index (χ0) is 17.3. The van der Waals surface area contributed by atoms with Gasteiger partial charge in [0.1, 0.15) is 5.75 Å². The van der Waals surface area contributed by atoms with Crippen LogP contribution in [0.5, 0.6) is 5.75 Å². The zero-order valence-electron chi connectivity index (χ0n) is 14.5. The molecule has 0 heterocycles. The van der Waals surface area contributed by atoms with E-state index in [0.717, 1.165) is 29.7 Å². The second kappa shape index (κ2) is 9.11. The largest absolute Gasteiger partial charge is 0.490 e. The van der Waals surface area contributed by atoms with E-state index in [9.17, 15) is 4.79 Å². The molecule has 4 nitrogen and oxygen atoms in total. The summed E-state index contributed by atoms with van der Waals surface area (Å²) in [6, 6.07) is 17.7. The minimum absolute atomic E-state index is 0.161. The van der Waals surface area contributed by atoms with Gasteiger partial charge in [-0.2, -0.15) is 0 Å². The minimum atomic E-state index is -0.161. The van der Waals surface area contributed by atoms with Gasteiger partial charge in [-0.05, 0) is 48.9 Å². The van der Waals surface area contributed by atoms with Crippen molar-refractivity contribution in [1.29, 1.82) is 0 Å². The smallest absolute Gasteiger partial charge is 0.315 e. The first-order valence-electron chi connectivity index (χ1n) is 9.11. The molecule has 0 spiro atoms. The SMILES string of the molecule is O=C(NCc1ccccc1)NCc1ccc(OC2CCCCC2)cc1. The Kier molecular flexibility index (Phi) is 6.32. The second-order valence-electron chi connectivity index (χ2n) is 6.54. The summed E-state index contributed by atoms with van der Waals surface area (Å²) in [4.78, 5) is 11.9. The maximum Gasteiger partial charge on any atom is 0.315 e. The van der Waals surface area contributed by atoms with Crippen LogP contribution in [0.4, 0.5) is 4.79 Å². The summed E-state index contributed by atoms with van der Waals surface area (Å²) in [6.07, 6.45) is 6.55. The summed E-state index contributed by atoms with van der Waals surface area (Å²) in [7, 11) is 0. The molecule has 25 heavy (non-hydrogen) atoms. The highest BCUT2D eigenvalue weighted by Gasteiger charge is 2.14. The highest BCUT2D eigenvalue weighted by molar-refractivity contribution is 5.73. The summed E-state index contributed by atoms with van der Waals surface area (Å²) in [6.45, 7) is 1.03. The molecule has 0 atom stereocenters. The van der Waals surface area contributed by atoms with E-state index in [4.69, 9.17) is 4.74 Å². The van der Waals surface area contributed by atoms with E-state index in [1.54, 1.807) is 0 Å². The van der Waals surface area contributed by atoms with Crippen LogP contribution in [-0.4, -0.2) is 12.1 Å². The molecule has 0 saturated heterocycles. The molecule has 1 aliphatic rings. The summed E-state index contributed by atoms with van der Waals surface area (Å²) in [5, 5.41) is 5.74. The molecule has 132 valence electrons. The van der Waals surface area contributed by atoms with Crippen LogP contribution < -0.4 is 15.4 Å². The normalized spacial score (nSPS) is 14.7. The van der Waals surface area contributed by atoms with Crippen molar-refractivity contribution in [1.82, 2.24) is 10.6 Å². The van der Waals surface area contributed by atoms with Gasteiger partial charge in [0.05, 0.1) is 6.10 Å². The fourth-order valence-corrected chi connectivity index (χ4v) is 3.08. The molecule has 0 unspecified atom stereocenters. The van der Waals surface area contributed by atoms with Gasteiger partial charge in [-0.3, -0.25) is 0 Å². The van der Waals surface area contributed by atoms with Crippen molar-refractivity contribution in [2.45, 2.75) is 51.3 Å². The topological polar surface area (TPSA) is 50.4 Å². The maximum absolute atomic E-state index is 11.9. The van der Waals surface area contributed by atoms with Gasteiger partial charge >= 0.3 is 6.03 Å². The molecule has 0 aromatic heterocycles. The van der Waals surface area contributed by atoms with Crippen LogP contribution >= 0.6 is 0 Å². The third-order valence-corrected chi connectivity index (χ3v) is 4.53. The van der Waals surface area contributed by atoms with Gasteiger partial charge < -0.3 is 15.4 Å². The molecule has 0 bridgehead atoms. The lowest BCUT2D eigenvalue weighted by Crippen LogP contribution is -2.34. The molecular weight excluding hydrogens is 312 g/mol. The van der Waals surface area contributed by atoms with Crippen LogP contribution in [0, 0.1) is 0 Å². The van der Waals surface area contributed by atoms with Gasteiger partial charge in [-0.25, -0.2) is 4.79 Å². The van der Waals surface area contributed by atoms with Crippen molar-refractivity contribution < 1.29 is 9.53 Å². The van der Waals surface area contributed by atoms with Crippen molar-refractivity contribution in [2.75, 3.05) is 0 Å². The van der Waals surface area contributed by atoms with E-state index in [-0.39, 0.29) is 6.03 Å².